The van der Waals surface area contributed by atoms with E-state index in [-0.39, 0.29) is 0 Å². The molecule has 0 aliphatic rings. The smallest absolute Gasteiger partial charge is 0.321 e. The van der Waals surface area contributed by atoms with Crippen molar-refractivity contribution < 1.29 is 8.85 Å². The molecule has 0 radical (unpaired) electrons. The van der Waals surface area contributed by atoms with E-state index in [1.54, 1.807) is 0 Å². The number of hydrogen-bond acceptors (Lipinski definition) is 3. The summed E-state index contributed by atoms with van der Waals surface area (Å²) in [6.07, 6.45) is 3.88. The maximum Gasteiger partial charge on any atom is 0.321 e. The Labute approximate surface area is 142 Å². The highest BCUT2D eigenvalue weighted by atomic mass is 28.3. The van der Waals surface area contributed by atoms with Gasteiger partial charge in [0.2, 0.25) is 0 Å². The first kappa shape index (κ1) is 22.3. The lowest BCUT2D eigenvalue weighted by Gasteiger charge is -2.41. The summed E-state index contributed by atoms with van der Waals surface area (Å²) in [5.74, 6) is 0. The second kappa shape index (κ2) is 13.7. The van der Waals surface area contributed by atoms with Crippen molar-refractivity contribution in [2.24, 2.45) is 0 Å². The summed E-state index contributed by atoms with van der Waals surface area (Å²) in [6.45, 7) is 17.9. The van der Waals surface area contributed by atoms with Crippen LogP contribution in [-0.2, 0) is 8.85 Å². The average Bonchev–Trinajstić information content (AvgIpc) is 2.54. The quantitative estimate of drug-likeness (QED) is 0.398. The SMILES string of the molecule is CCCCN(CCC[SiH](OCC)OCC)[Si](CC)(CC)CC. The van der Waals surface area contributed by atoms with Crippen LogP contribution in [0.25, 0.3) is 0 Å². The van der Waals surface area contributed by atoms with Crippen LogP contribution in [0.2, 0.25) is 24.2 Å². The Kier molecular flexibility index (Phi) is 13.9. The van der Waals surface area contributed by atoms with Crippen molar-refractivity contribution in [2.75, 3.05) is 26.3 Å². The van der Waals surface area contributed by atoms with Crippen LogP contribution in [0.3, 0.4) is 0 Å². The summed E-state index contributed by atoms with van der Waals surface area (Å²) in [6, 6.07) is 5.33. The zero-order valence-electron chi connectivity index (χ0n) is 16.1. The third-order valence-corrected chi connectivity index (χ3v) is 13.0. The normalized spacial score (nSPS) is 12.5. The molecule has 0 aromatic carbocycles. The number of unbranched alkanes of at least 4 members (excludes halogenated alkanes) is 1. The number of rotatable bonds is 15. The van der Waals surface area contributed by atoms with E-state index in [1.807, 2.05) is 0 Å². The molecule has 0 fully saturated rings. The zero-order valence-corrected chi connectivity index (χ0v) is 18.3. The first-order valence-electron chi connectivity index (χ1n) is 9.62. The molecule has 0 N–H and O–H groups in total. The van der Waals surface area contributed by atoms with Crippen LogP contribution in [0.15, 0.2) is 0 Å². The van der Waals surface area contributed by atoms with E-state index >= 15 is 0 Å². The van der Waals surface area contributed by atoms with E-state index in [1.165, 1.54) is 50.5 Å². The fraction of sp³-hybridized carbons (Fsp3) is 1.00. The molecule has 0 bridgehead atoms. The van der Waals surface area contributed by atoms with Gasteiger partial charge in [-0.1, -0.05) is 34.1 Å². The van der Waals surface area contributed by atoms with Crippen molar-refractivity contribution >= 4 is 17.5 Å². The van der Waals surface area contributed by atoms with Gasteiger partial charge in [-0.25, -0.2) is 0 Å². The van der Waals surface area contributed by atoms with E-state index in [4.69, 9.17) is 8.85 Å². The number of nitrogens with zero attached hydrogens (tertiary/aromatic N) is 1. The van der Waals surface area contributed by atoms with Crippen molar-refractivity contribution in [1.29, 1.82) is 0 Å². The molecule has 0 aliphatic heterocycles. The Morgan fingerprint density at radius 3 is 1.68 bits per heavy atom. The van der Waals surface area contributed by atoms with Crippen LogP contribution in [0.5, 0.6) is 0 Å². The molecule has 0 saturated heterocycles. The average molecular weight is 348 g/mol. The van der Waals surface area contributed by atoms with E-state index in [2.05, 4.69) is 46.1 Å². The third kappa shape index (κ3) is 7.73. The fourth-order valence-corrected chi connectivity index (χ4v) is 9.19. The van der Waals surface area contributed by atoms with Crippen LogP contribution < -0.4 is 0 Å². The molecule has 0 aromatic heterocycles. The topological polar surface area (TPSA) is 21.7 Å². The van der Waals surface area contributed by atoms with Gasteiger partial charge >= 0.3 is 9.28 Å². The summed E-state index contributed by atoms with van der Waals surface area (Å²) >= 11 is 0. The summed E-state index contributed by atoms with van der Waals surface area (Å²) in [4.78, 5) is 0. The second-order valence-corrected chi connectivity index (χ2v) is 13.4. The van der Waals surface area contributed by atoms with Crippen LogP contribution in [-0.4, -0.2) is 48.4 Å². The molecular formula is C17H41NO2Si2. The van der Waals surface area contributed by atoms with E-state index in [0.717, 1.165) is 19.3 Å². The Morgan fingerprint density at radius 1 is 0.773 bits per heavy atom. The van der Waals surface area contributed by atoms with Crippen molar-refractivity contribution in [3.05, 3.63) is 0 Å². The van der Waals surface area contributed by atoms with Gasteiger partial charge < -0.3 is 13.4 Å². The molecule has 22 heavy (non-hydrogen) atoms. The van der Waals surface area contributed by atoms with Gasteiger partial charge in [0.25, 0.3) is 0 Å². The molecule has 0 spiro atoms. The molecule has 0 aliphatic carbocycles. The summed E-state index contributed by atoms with van der Waals surface area (Å²) in [5, 5.41) is 0. The van der Waals surface area contributed by atoms with Gasteiger partial charge in [-0.05, 0) is 64.0 Å². The van der Waals surface area contributed by atoms with Gasteiger partial charge in [0.1, 0.15) is 8.24 Å². The minimum Gasteiger partial charge on any atom is -0.397 e. The standard InChI is InChI=1S/C17H41NO2Si2/c1-7-13-15-18(22(10-4,11-5)12-6)16-14-17-21(19-8-2)20-9-3/h21H,7-17H2,1-6H3. The Morgan fingerprint density at radius 2 is 1.27 bits per heavy atom. The first-order chi connectivity index (χ1) is 10.6. The molecule has 0 rings (SSSR count). The van der Waals surface area contributed by atoms with Gasteiger partial charge in [0.15, 0.2) is 0 Å². The Hall–Kier alpha value is 0.314. The highest BCUT2D eigenvalue weighted by Gasteiger charge is 2.33. The maximum absolute atomic E-state index is 5.82. The first-order valence-corrected chi connectivity index (χ1v) is 13.9. The Bertz CT molecular complexity index is 237. The largest absolute Gasteiger partial charge is 0.397 e. The van der Waals surface area contributed by atoms with E-state index < -0.39 is 17.5 Å². The molecule has 0 saturated carbocycles. The highest BCUT2D eigenvalue weighted by Crippen LogP contribution is 2.26. The van der Waals surface area contributed by atoms with E-state index in [9.17, 15) is 0 Å². The maximum atomic E-state index is 5.82. The van der Waals surface area contributed by atoms with Gasteiger partial charge in [-0.2, -0.15) is 0 Å². The van der Waals surface area contributed by atoms with Crippen molar-refractivity contribution in [3.8, 4) is 0 Å². The van der Waals surface area contributed by atoms with Crippen LogP contribution in [0.4, 0.5) is 0 Å². The van der Waals surface area contributed by atoms with Gasteiger partial charge in [0.05, 0.1) is 0 Å². The lowest BCUT2D eigenvalue weighted by molar-refractivity contribution is 0.211. The predicted octanol–water partition coefficient (Wildman–Crippen LogP) is 4.78. The fourth-order valence-electron chi connectivity index (χ4n) is 3.39. The summed E-state index contributed by atoms with van der Waals surface area (Å²) < 4.78 is 14.5. The second-order valence-electron chi connectivity index (χ2n) is 6.11. The summed E-state index contributed by atoms with van der Waals surface area (Å²) in [5.41, 5.74) is 0. The Balaban J connectivity index is 4.57. The van der Waals surface area contributed by atoms with Gasteiger partial charge in [0, 0.05) is 13.2 Å². The molecule has 5 heteroatoms. The molecular weight excluding hydrogens is 306 g/mol. The van der Waals surface area contributed by atoms with Gasteiger partial charge in [-0.15, -0.1) is 0 Å². The van der Waals surface area contributed by atoms with E-state index in [0.29, 0.717) is 0 Å². The van der Waals surface area contributed by atoms with Crippen LogP contribution in [0, 0.1) is 0 Å². The lowest BCUT2D eigenvalue weighted by atomic mass is 10.3. The van der Waals surface area contributed by atoms with Crippen molar-refractivity contribution in [1.82, 2.24) is 4.57 Å². The molecule has 134 valence electrons. The lowest BCUT2D eigenvalue weighted by Crippen LogP contribution is -2.53. The van der Waals surface area contributed by atoms with Crippen LogP contribution in [0.1, 0.15) is 60.8 Å². The number of hydrogen-bond donors (Lipinski definition) is 0. The summed E-state index contributed by atoms with van der Waals surface area (Å²) in [7, 11) is -2.64. The molecule has 0 amide bonds. The monoisotopic (exact) mass is 347 g/mol. The predicted molar refractivity (Wildman–Crippen MR) is 104 cm³/mol. The molecule has 0 heterocycles. The minimum absolute atomic E-state index is 0.800. The highest BCUT2D eigenvalue weighted by molar-refractivity contribution is 6.77. The molecule has 0 atom stereocenters. The molecule has 3 nitrogen and oxygen atoms in total. The van der Waals surface area contributed by atoms with Crippen molar-refractivity contribution in [3.63, 3.8) is 0 Å². The third-order valence-electron chi connectivity index (χ3n) is 5.00. The van der Waals surface area contributed by atoms with Crippen LogP contribution >= 0.6 is 0 Å². The molecule has 0 unspecified atom stereocenters. The molecule has 0 aromatic rings. The minimum atomic E-state index is -1.41. The van der Waals surface area contributed by atoms with Crippen molar-refractivity contribution in [2.45, 2.75) is 85.0 Å². The zero-order chi connectivity index (χ0) is 16.8. The van der Waals surface area contributed by atoms with Gasteiger partial charge in [-0.3, -0.25) is 0 Å².